The van der Waals surface area contributed by atoms with Crippen molar-refractivity contribution in [3.05, 3.63) is 22.7 Å². The first-order chi connectivity index (χ1) is 6.69. The van der Waals surface area contributed by atoms with E-state index in [0.717, 1.165) is 18.5 Å². The lowest BCUT2D eigenvalue weighted by Crippen LogP contribution is -2.10. The zero-order valence-corrected chi connectivity index (χ0v) is 9.06. The number of benzene rings is 1. The zero-order valence-electron chi connectivity index (χ0n) is 8.30. The van der Waals surface area contributed by atoms with Gasteiger partial charge in [0.1, 0.15) is 0 Å². The van der Waals surface area contributed by atoms with Gasteiger partial charge in [-0.25, -0.2) is 0 Å². The van der Waals surface area contributed by atoms with Gasteiger partial charge in [0.15, 0.2) is 11.5 Å². The standard InChI is InChI=1S/C10H14ClNO2/c1-12-4-3-7-5-10(14-2)9(13)6-8(7)11/h5-6,12-13H,3-4H2,1-2H3. The average Bonchev–Trinajstić information content (AvgIpc) is 2.17. The maximum atomic E-state index is 9.42. The minimum absolute atomic E-state index is 0.0747. The fraction of sp³-hybridized carbons (Fsp3) is 0.400. The minimum Gasteiger partial charge on any atom is -0.504 e. The van der Waals surface area contributed by atoms with E-state index in [9.17, 15) is 5.11 Å². The molecule has 0 saturated heterocycles. The number of likely N-dealkylation sites (N-methyl/N-ethyl adjacent to an activating group) is 1. The van der Waals surface area contributed by atoms with Gasteiger partial charge in [0.05, 0.1) is 7.11 Å². The van der Waals surface area contributed by atoms with Crippen LogP contribution in [-0.2, 0) is 6.42 Å². The van der Waals surface area contributed by atoms with Crippen molar-refractivity contribution in [1.29, 1.82) is 0 Å². The van der Waals surface area contributed by atoms with Gasteiger partial charge in [0.25, 0.3) is 0 Å². The van der Waals surface area contributed by atoms with Gasteiger partial charge in [-0.1, -0.05) is 11.6 Å². The van der Waals surface area contributed by atoms with Crippen LogP contribution in [0.5, 0.6) is 11.5 Å². The Balaban J connectivity index is 2.92. The summed E-state index contributed by atoms with van der Waals surface area (Å²) in [5, 5.41) is 13.0. The Hall–Kier alpha value is -0.930. The molecule has 78 valence electrons. The van der Waals surface area contributed by atoms with Crippen molar-refractivity contribution in [3.63, 3.8) is 0 Å². The minimum atomic E-state index is 0.0747. The van der Waals surface area contributed by atoms with Crippen LogP contribution < -0.4 is 10.1 Å². The highest BCUT2D eigenvalue weighted by atomic mass is 35.5. The Labute approximate surface area is 88.7 Å². The number of halogens is 1. The van der Waals surface area contributed by atoms with Gasteiger partial charge in [-0.3, -0.25) is 0 Å². The van der Waals surface area contributed by atoms with Crippen molar-refractivity contribution < 1.29 is 9.84 Å². The lowest BCUT2D eigenvalue weighted by molar-refractivity contribution is 0.373. The first-order valence-corrected chi connectivity index (χ1v) is 4.76. The highest BCUT2D eigenvalue weighted by Crippen LogP contribution is 2.32. The van der Waals surface area contributed by atoms with Gasteiger partial charge in [-0.15, -0.1) is 0 Å². The molecule has 0 spiro atoms. The van der Waals surface area contributed by atoms with E-state index < -0.39 is 0 Å². The van der Waals surface area contributed by atoms with Gasteiger partial charge < -0.3 is 15.2 Å². The summed E-state index contributed by atoms with van der Waals surface area (Å²) in [6.07, 6.45) is 0.811. The molecule has 4 heteroatoms. The average molecular weight is 216 g/mol. The smallest absolute Gasteiger partial charge is 0.160 e. The van der Waals surface area contributed by atoms with E-state index in [2.05, 4.69) is 5.32 Å². The van der Waals surface area contributed by atoms with Crippen LogP contribution in [0.25, 0.3) is 0 Å². The molecule has 0 amide bonds. The molecule has 0 aliphatic rings. The first kappa shape index (κ1) is 11.1. The second-order valence-electron chi connectivity index (χ2n) is 2.97. The predicted octanol–water partition coefficient (Wildman–Crippen LogP) is 1.82. The maximum Gasteiger partial charge on any atom is 0.160 e. The second kappa shape index (κ2) is 5.08. The number of hydrogen-bond donors (Lipinski definition) is 2. The van der Waals surface area contributed by atoms with Crippen molar-refractivity contribution in [2.75, 3.05) is 20.7 Å². The molecule has 0 atom stereocenters. The van der Waals surface area contributed by atoms with E-state index in [-0.39, 0.29) is 5.75 Å². The van der Waals surface area contributed by atoms with Gasteiger partial charge in [-0.2, -0.15) is 0 Å². The first-order valence-electron chi connectivity index (χ1n) is 4.39. The Bertz CT molecular complexity index is 315. The van der Waals surface area contributed by atoms with Crippen LogP contribution in [0.1, 0.15) is 5.56 Å². The summed E-state index contributed by atoms with van der Waals surface area (Å²) < 4.78 is 4.99. The summed E-state index contributed by atoms with van der Waals surface area (Å²) in [6.45, 7) is 0.841. The maximum absolute atomic E-state index is 9.42. The lowest BCUT2D eigenvalue weighted by Gasteiger charge is -2.08. The van der Waals surface area contributed by atoms with Crippen molar-refractivity contribution in [3.8, 4) is 11.5 Å². The molecule has 1 rings (SSSR count). The number of nitrogens with one attached hydrogen (secondary N) is 1. The predicted molar refractivity (Wildman–Crippen MR) is 57.3 cm³/mol. The monoisotopic (exact) mass is 215 g/mol. The number of methoxy groups -OCH3 is 1. The Morgan fingerprint density at radius 3 is 2.79 bits per heavy atom. The van der Waals surface area contributed by atoms with Crippen LogP contribution in [0.4, 0.5) is 0 Å². The molecule has 0 unspecified atom stereocenters. The molecule has 0 aliphatic carbocycles. The molecule has 0 aliphatic heterocycles. The molecular formula is C10H14ClNO2. The highest BCUT2D eigenvalue weighted by molar-refractivity contribution is 6.31. The Morgan fingerprint density at radius 2 is 2.21 bits per heavy atom. The number of hydrogen-bond acceptors (Lipinski definition) is 3. The topological polar surface area (TPSA) is 41.5 Å². The molecule has 3 nitrogen and oxygen atoms in total. The summed E-state index contributed by atoms with van der Waals surface area (Å²) in [7, 11) is 3.40. The molecule has 1 aromatic rings. The van der Waals surface area contributed by atoms with Crippen molar-refractivity contribution >= 4 is 11.6 Å². The van der Waals surface area contributed by atoms with E-state index in [0.29, 0.717) is 10.8 Å². The van der Waals surface area contributed by atoms with E-state index >= 15 is 0 Å². The van der Waals surface area contributed by atoms with E-state index in [1.54, 1.807) is 6.07 Å². The number of phenols is 1. The van der Waals surface area contributed by atoms with Gasteiger partial charge in [0, 0.05) is 11.1 Å². The van der Waals surface area contributed by atoms with Crippen LogP contribution >= 0.6 is 11.6 Å². The largest absolute Gasteiger partial charge is 0.504 e. The van der Waals surface area contributed by atoms with E-state index in [1.807, 2.05) is 7.05 Å². The molecule has 0 bridgehead atoms. The molecule has 1 aromatic carbocycles. The summed E-state index contributed by atoms with van der Waals surface area (Å²) >= 11 is 5.95. The van der Waals surface area contributed by atoms with Crippen LogP contribution in [-0.4, -0.2) is 25.8 Å². The van der Waals surface area contributed by atoms with Gasteiger partial charge in [-0.05, 0) is 31.6 Å². The summed E-state index contributed by atoms with van der Waals surface area (Å²) in [5.41, 5.74) is 0.968. The van der Waals surface area contributed by atoms with Crippen LogP contribution in [0.15, 0.2) is 12.1 Å². The SMILES string of the molecule is CNCCc1cc(OC)c(O)cc1Cl. The third kappa shape index (κ3) is 2.53. The normalized spacial score (nSPS) is 10.2. The summed E-state index contributed by atoms with van der Waals surface area (Å²) in [6, 6.07) is 3.26. The fourth-order valence-electron chi connectivity index (χ4n) is 1.20. The molecule has 0 heterocycles. The summed E-state index contributed by atoms with van der Waals surface area (Å²) in [4.78, 5) is 0. The second-order valence-corrected chi connectivity index (χ2v) is 3.38. The quantitative estimate of drug-likeness (QED) is 0.805. The number of rotatable bonds is 4. The van der Waals surface area contributed by atoms with Crippen LogP contribution in [0.3, 0.4) is 0 Å². The third-order valence-electron chi connectivity index (χ3n) is 1.99. The molecule has 2 N–H and O–H groups in total. The van der Waals surface area contributed by atoms with Crippen LogP contribution in [0.2, 0.25) is 5.02 Å². The molecule has 0 radical (unpaired) electrons. The van der Waals surface area contributed by atoms with Crippen molar-refractivity contribution in [2.45, 2.75) is 6.42 Å². The van der Waals surface area contributed by atoms with Crippen molar-refractivity contribution in [2.24, 2.45) is 0 Å². The van der Waals surface area contributed by atoms with Crippen LogP contribution in [0, 0.1) is 0 Å². The molecule has 0 fully saturated rings. The van der Waals surface area contributed by atoms with E-state index in [1.165, 1.54) is 13.2 Å². The molecular weight excluding hydrogens is 202 g/mol. The molecule has 0 aromatic heterocycles. The number of ether oxygens (including phenoxy) is 1. The van der Waals surface area contributed by atoms with Gasteiger partial charge in [0.2, 0.25) is 0 Å². The zero-order chi connectivity index (χ0) is 10.6. The Morgan fingerprint density at radius 1 is 1.50 bits per heavy atom. The molecule has 0 saturated carbocycles. The Kier molecular flexibility index (Phi) is 4.04. The number of aromatic hydroxyl groups is 1. The molecule has 14 heavy (non-hydrogen) atoms. The third-order valence-corrected chi connectivity index (χ3v) is 2.34. The lowest BCUT2D eigenvalue weighted by atomic mass is 10.1. The van der Waals surface area contributed by atoms with Crippen molar-refractivity contribution in [1.82, 2.24) is 5.32 Å². The highest BCUT2D eigenvalue weighted by Gasteiger charge is 2.07. The fourth-order valence-corrected chi connectivity index (χ4v) is 1.45. The number of phenolic OH excluding ortho intramolecular Hbond substituents is 1. The van der Waals surface area contributed by atoms with Gasteiger partial charge >= 0.3 is 0 Å². The summed E-state index contributed by atoms with van der Waals surface area (Å²) in [5.74, 6) is 0.534. The van der Waals surface area contributed by atoms with E-state index in [4.69, 9.17) is 16.3 Å².